The van der Waals surface area contributed by atoms with E-state index < -0.39 is 11.6 Å². The number of rotatable bonds is 4. The van der Waals surface area contributed by atoms with Crippen molar-refractivity contribution in [3.63, 3.8) is 0 Å². The first-order valence-corrected chi connectivity index (χ1v) is 8.09. The summed E-state index contributed by atoms with van der Waals surface area (Å²) in [6.07, 6.45) is 0. The Hall–Kier alpha value is -2.48. The van der Waals surface area contributed by atoms with Crippen LogP contribution in [0.1, 0.15) is 34.6 Å². The van der Waals surface area contributed by atoms with Crippen molar-refractivity contribution < 1.29 is 27.8 Å². The molecule has 8 heteroatoms. The van der Waals surface area contributed by atoms with E-state index in [2.05, 4.69) is 15.9 Å². The van der Waals surface area contributed by atoms with Crippen LogP contribution in [-0.2, 0) is 0 Å². The predicted molar refractivity (Wildman–Crippen MR) is 98.0 cm³/mol. The van der Waals surface area contributed by atoms with Crippen LogP contribution in [0.15, 0.2) is 28.7 Å². The highest BCUT2D eigenvalue weighted by molar-refractivity contribution is 9.10. The van der Waals surface area contributed by atoms with Crippen molar-refractivity contribution in [2.45, 2.75) is 13.8 Å². The number of benzene rings is 2. The van der Waals surface area contributed by atoms with E-state index in [1.54, 1.807) is 0 Å². The molecule has 0 spiro atoms. The smallest absolute Gasteiger partial charge is 0.162 e. The molecule has 0 atom stereocenters. The molecule has 0 bridgehead atoms. The normalized spacial score (nSPS) is 9.81. The van der Waals surface area contributed by atoms with Crippen molar-refractivity contribution in [2.75, 3.05) is 20.0 Å². The van der Waals surface area contributed by atoms with Crippen LogP contribution >= 0.6 is 15.9 Å². The Morgan fingerprint density at radius 3 is 1.73 bits per heavy atom. The lowest BCUT2D eigenvalue weighted by Gasteiger charge is -2.07. The number of halogens is 3. The van der Waals surface area contributed by atoms with Crippen LogP contribution in [0.2, 0.25) is 0 Å². The van der Waals surface area contributed by atoms with Gasteiger partial charge >= 0.3 is 0 Å². The number of nitrogens with two attached hydrogens (primary N) is 1. The molecule has 140 valence electrons. The molecule has 0 aliphatic heterocycles. The standard InChI is InChI=1S/C9H8BrFO2.C9H10FNO2/c1-5(12)7-3-6(11)4-8(13-2)9(7)10;1-5(12)7-3-6(10)4-8(13-2)9(7)11/h3-4H,1-2H3;3-4H,11H2,1-2H3. The number of ketones is 2. The van der Waals surface area contributed by atoms with Crippen molar-refractivity contribution in [1.82, 2.24) is 0 Å². The van der Waals surface area contributed by atoms with Crippen LogP contribution in [0, 0.1) is 11.6 Å². The number of ether oxygens (including phenoxy) is 2. The fourth-order valence-corrected chi connectivity index (χ4v) is 2.69. The summed E-state index contributed by atoms with van der Waals surface area (Å²) in [4.78, 5) is 22.0. The van der Waals surface area contributed by atoms with Crippen molar-refractivity contribution in [3.8, 4) is 11.5 Å². The van der Waals surface area contributed by atoms with Gasteiger partial charge in [0, 0.05) is 23.3 Å². The number of carbonyl (C=O) groups excluding carboxylic acids is 2. The summed E-state index contributed by atoms with van der Waals surface area (Å²) in [5.41, 5.74) is 6.17. The number of hydrogen-bond acceptors (Lipinski definition) is 5. The lowest BCUT2D eigenvalue weighted by Crippen LogP contribution is -2.03. The summed E-state index contributed by atoms with van der Waals surface area (Å²) in [5, 5.41) is 0. The molecule has 2 N–H and O–H groups in total. The molecule has 0 heterocycles. The molecule has 0 unspecified atom stereocenters. The van der Waals surface area contributed by atoms with Crippen LogP contribution in [0.4, 0.5) is 14.5 Å². The third kappa shape index (κ3) is 5.26. The monoisotopic (exact) mass is 429 g/mol. The SMILES string of the molecule is COc1cc(F)cc(C(C)=O)c1Br.COc1cc(F)cc(C(C)=O)c1N. The van der Waals surface area contributed by atoms with Gasteiger partial charge < -0.3 is 15.2 Å². The van der Waals surface area contributed by atoms with E-state index in [0.29, 0.717) is 10.2 Å². The maximum absolute atomic E-state index is 12.9. The third-order valence-corrected chi connectivity index (χ3v) is 4.13. The first kappa shape index (κ1) is 21.6. The Balaban J connectivity index is 0.000000260. The largest absolute Gasteiger partial charge is 0.495 e. The number of carbonyl (C=O) groups is 2. The molecule has 0 saturated carbocycles. The van der Waals surface area contributed by atoms with Gasteiger partial charge in [0.05, 0.1) is 24.4 Å². The summed E-state index contributed by atoms with van der Waals surface area (Å²) in [6.45, 7) is 2.70. The zero-order chi connectivity index (χ0) is 20.0. The molecule has 0 aliphatic rings. The van der Waals surface area contributed by atoms with Crippen molar-refractivity contribution >= 4 is 33.2 Å². The van der Waals surface area contributed by atoms with Crippen LogP contribution in [0.5, 0.6) is 11.5 Å². The zero-order valence-electron chi connectivity index (χ0n) is 14.7. The molecule has 26 heavy (non-hydrogen) atoms. The fourth-order valence-electron chi connectivity index (χ4n) is 2.02. The number of Topliss-reactive ketones (excluding diaryl/α,β-unsaturated/α-hetero) is 2. The number of anilines is 1. The molecule has 0 aliphatic carbocycles. The predicted octanol–water partition coefficient (Wildman–Crippen LogP) is 4.42. The molecule has 0 fully saturated rings. The van der Waals surface area contributed by atoms with E-state index >= 15 is 0 Å². The van der Waals surface area contributed by atoms with Gasteiger partial charge in [-0.15, -0.1) is 0 Å². The maximum atomic E-state index is 12.9. The molecule has 2 rings (SSSR count). The minimum Gasteiger partial charge on any atom is -0.495 e. The van der Waals surface area contributed by atoms with Gasteiger partial charge in [0.15, 0.2) is 11.6 Å². The topological polar surface area (TPSA) is 78.6 Å². The summed E-state index contributed by atoms with van der Waals surface area (Å²) < 4.78 is 35.9. The summed E-state index contributed by atoms with van der Waals surface area (Å²) in [5.74, 6) is -0.989. The second kappa shape index (κ2) is 9.28. The van der Waals surface area contributed by atoms with E-state index in [-0.39, 0.29) is 34.1 Å². The van der Waals surface area contributed by atoms with Gasteiger partial charge in [0.2, 0.25) is 0 Å². The number of hydrogen-bond donors (Lipinski definition) is 1. The van der Waals surface area contributed by atoms with Crippen molar-refractivity contribution in [3.05, 3.63) is 51.5 Å². The second-order valence-corrected chi connectivity index (χ2v) is 5.94. The minimum atomic E-state index is -0.531. The lowest BCUT2D eigenvalue weighted by molar-refractivity contribution is 0.100. The summed E-state index contributed by atoms with van der Waals surface area (Å²) >= 11 is 3.16. The van der Waals surface area contributed by atoms with Gasteiger partial charge in [-0.3, -0.25) is 9.59 Å². The third-order valence-electron chi connectivity index (χ3n) is 3.31. The average Bonchev–Trinajstić information content (AvgIpc) is 2.58. The Bertz CT molecular complexity index is 771. The molecule has 2 aromatic carbocycles. The van der Waals surface area contributed by atoms with Crippen molar-refractivity contribution in [1.29, 1.82) is 0 Å². The molecular formula is C18H18BrF2NO4. The van der Waals surface area contributed by atoms with Gasteiger partial charge in [-0.05, 0) is 41.9 Å². The Morgan fingerprint density at radius 2 is 1.31 bits per heavy atom. The Morgan fingerprint density at radius 1 is 0.885 bits per heavy atom. The average molecular weight is 430 g/mol. The van der Waals surface area contributed by atoms with Crippen LogP contribution in [0.3, 0.4) is 0 Å². The molecule has 0 amide bonds. The summed E-state index contributed by atoms with van der Waals surface area (Å²) in [7, 11) is 2.79. The highest BCUT2D eigenvalue weighted by Crippen LogP contribution is 2.30. The van der Waals surface area contributed by atoms with E-state index in [1.165, 1.54) is 40.2 Å². The molecule has 0 aromatic heterocycles. The van der Waals surface area contributed by atoms with Crippen molar-refractivity contribution in [2.24, 2.45) is 0 Å². The quantitative estimate of drug-likeness (QED) is 0.574. The lowest BCUT2D eigenvalue weighted by atomic mass is 10.1. The Labute approximate surface area is 158 Å². The Kier molecular flexibility index (Phi) is 7.70. The molecule has 2 aromatic rings. The van der Waals surface area contributed by atoms with Gasteiger partial charge in [-0.25, -0.2) is 8.78 Å². The molecule has 5 nitrogen and oxygen atoms in total. The van der Waals surface area contributed by atoms with Gasteiger partial charge in [0.1, 0.15) is 23.1 Å². The first-order chi connectivity index (χ1) is 12.1. The fraction of sp³-hybridized carbons (Fsp3) is 0.222. The molecular weight excluding hydrogens is 412 g/mol. The van der Waals surface area contributed by atoms with Gasteiger partial charge in [-0.1, -0.05) is 0 Å². The number of methoxy groups -OCH3 is 2. The zero-order valence-corrected chi connectivity index (χ0v) is 16.2. The molecule has 0 radical (unpaired) electrons. The summed E-state index contributed by atoms with van der Waals surface area (Å²) in [6, 6.07) is 4.63. The molecule has 0 saturated heterocycles. The maximum Gasteiger partial charge on any atom is 0.162 e. The first-order valence-electron chi connectivity index (χ1n) is 7.30. The second-order valence-electron chi connectivity index (χ2n) is 5.15. The van der Waals surface area contributed by atoms with E-state index in [1.807, 2.05) is 0 Å². The van der Waals surface area contributed by atoms with E-state index in [4.69, 9.17) is 15.2 Å². The van der Waals surface area contributed by atoms with Gasteiger partial charge in [0.25, 0.3) is 0 Å². The van der Waals surface area contributed by atoms with Crippen LogP contribution in [0.25, 0.3) is 0 Å². The highest BCUT2D eigenvalue weighted by atomic mass is 79.9. The minimum absolute atomic E-state index is 0.150. The van der Waals surface area contributed by atoms with Crippen LogP contribution in [-0.4, -0.2) is 25.8 Å². The van der Waals surface area contributed by atoms with E-state index in [0.717, 1.165) is 12.1 Å². The highest BCUT2D eigenvalue weighted by Gasteiger charge is 2.13. The van der Waals surface area contributed by atoms with Crippen LogP contribution < -0.4 is 15.2 Å². The van der Waals surface area contributed by atoms with Gasteiger partial charge in [-0.2, -0.15) is 0 Å². The van der Waals surface area contributed by atoms with E-state index in [9.17, 15) is 18.4 Å². The number of nitrogen functional groups attached to an aromatic ring is 1.